The van der Waals surface area contributed by atoms with Crippen molar-refractivity contribution in [1.29, 1.82) is 0 Å². The summed E-state index contributed by atoms with van der Waals surface area (Å²) in [5, 5.41) is 0. The van der Waals surface area contributed by atoms with Crippen molar-refractivity contribution in [3.05, 3.63) is 65.5 Å². The molecule has 1 heterocycles. The van der Waals surface area contributed by atoms with Gasteiger partial charge in [0.2, 0.25) is 0 Å². The Labute approximate surface area is 116 Å². The number of rotatable bonds is 4. The number of pyridine rings is 1. The molecule has 1 aromatic carbocycles. The SMILES string of the molecule is COC(=O)c1ccc(COC(=O)c2ccncc2)cc1. The van der Waals surface area contributed by atoms with Gasteiger partial charge in [0.15, 0.2) is 0 Å². The number of hydrogen-bond donors (Lipinski definition) is 0. The number of esters is 2. The molecule has 20 heavy (non-hydrogen) atoms. The average molecular weight is 271 g/mol. The second-order valence-corrected chi connectivity index (χ2v) is 4.00. The molecule has 0 radical (unpaired) electrons. The van der Waals surface area contributed by atoms with Crippen molar-refractivity contribution in [2.24, 2.45) is 0 Å². The molecule has 0 aliphatic rings. The number of methoxy groups -OCH3 is 1. The van der Waals surface area contributed by atoms with E-state index in [0.29, 0.717) is 11.1 Å². The van der Waals surface area contributed by atoms with Gasteiger partial charge in [0.25, 0.3) is 0 Å². The highest BCUT2D eigenvalue weighted by atomic mass is 16.5. The van der Waals surface area contributed by atoms with Crippen LogP contribution in [0.3, 0.4) is 0 Å². The lowest BCUT2D eigenvalue weighted by atomic mass is 10.1. The largest absolute Gasteiger partial charge is 0.465 e. The molecule has 0 aliphatic carbocycles. The zero-order valence-corrected chi connectivity index (χ0v) is 10.9. The third-order valence-corrected chi connectivity index (χ3v) is 2.66. The molecule has 2 aromatic rings. The quantitative estimate of drug-likeness (QED) is 0.798. The number of ether oxygens (including phenoxy) is 2. The monoisotopic (exact) mass is 271 g/mol. The Hall–Kier alpha value is -2.69. The van der Waals surface area contributed by atoms with E-state index in [1.165, 1.54) is 19.5 Å². The molecular formula is C15H13NO4. The summed E-state index contributed by atoms with van der Waals surface area (Å²) in [7, 11) is 1.33. The fourth-order valence-corrected chi connectivity index (χ4v) is 1.58. The Morgan fingerprint density at radius 1 is 0.950 bits per heavy atom. The first-order valence-corrected chi connectivity index (χ1v) is 5.95. The van der Waals surface area contributed by atoms with Gasteiger partial charge in [0.05, 0.1) is 18.2 Å². The van der Waals surface area contributed by atoms with E-state index in [0.717, 1.165) is 5.56 Å². The lowest BCUT2D eigenvalue weighted by molar-refractivity contribution is 0.0471. The zero-order chi connectivity index (χ0) is 14.4. The van der Waals surface area contributed by atoms with Crippen molar-refractivity contribution in [2.75, 3.05) is 7.11 Å². The van der Waals surface area contributed by atoms with E-state index < -0.39 is 11.9 Å². The van der Waals surface area contributed by atoms with Crippen molar-refractivity contribution in [3.63, 3.8) is 0 Å². The maximum absolute atomic E-state index is 11.7. The van der Waals surface area contributed by atoms with Gasteiger partial charge in [-0.15, -0.1) is 0 Å². The highest BCUT2D eigenvalue weighted by Crippen LogP contribution is 2.08. The molecule has 2 rings (SSSR count). The minimum absolute atomic E-state index is 0.141. The molecule has 0 saturated carbocycles. The second-order valence-electron chi connectivity index (χ2n) is 4.00. The molecule has 0 amide bonds. The number of carbonyl (C=O) groups is 2. The van der Waals surface area contributed by atoms with Gasteiger partial charge in [0.1, 0.15) is 6.61 Å². The van der Waals surface area contributed by atoms with E-state index in [1.54, 1.807) is 36.4 Å². The van der Waals surface area contributed by atoms with Crippen LogP contribution in [0.2, 0.25) is 0 Å². The number of carbonyl (C=O) groups excluding carboxylic acids is 2. The second kappa shape index (κ2) is 6.47. The van der Waals surface area contributed by atoms with E-state index in [2.05, 4.69) is 9.72 Å². The molecule has 0 bridgehead atoms. The van der Waals surface area contributed by atoms with Gasteiger partial charge in [-0.3, -0.25) is 4.98 Å². The van der Waals surface area contributed by atoms with Crippen molar-refractivity contribution < 1.29 is 19.1 Å². The Bertz CT molecular complexity index is 593. The molecule has 5 heteroatoms. The molecule has 102 valence electrons. The first kappa shape index (κ1) is 13.7. The third kappa shape index (κ3) is 3.41. The maximum atomic E-state index is 11.7. The first-order chi connectivity index (χ1) is 9.70. The Morgan fingerprint density at radius 3 is 2.15 bits per heavy atom. The molecule has 0 saturated heterocycles. The summed E-state index contributed by atoms with van der Waals surface area (Å²) in [6.07, 6.45) is 3.06. The summed E-state index contributed by atoms with van der Waals surface area (Å²) in [6, 6.07) is 9.85. The summed E-state index contributed by atoms with van der Waals surface area (Å²) in [5.41, 5.74) is 1.70. The van der Waals surface area contributed by atoms with Crippen LogP contribution in [0.5, 0.6) is 0 Å². The summed E-state index contributed by atoms with van der Waals surface area (Å²) in [5.74, 6) is -0.810. The third-order valence-electron chi connectivity index (χ3n) is 2.66. The lowest BCUT2D eigenvalue weighted by Crippen LogP contribution is -2.06. The van der Waals surface area contributed by atoms with E-state index >= 15 is 0 Å². The number of aromatic nitrogens is 1. The summed E-state index contributed by atoms with van der Waals surface area (Å²) >= 11 is 0. The van der Waals surface area contributed by atoms with E-state index in [9.17, 15) is 9.59 Å². The Kier molecular flexibility index (Phi) is 4.44. The van der Waals surface area contributed by atoms with Crippen LogP contribution in [0, 0.1) is 0 Å². The van der Waals surface area contributed by atoms with Crippen LogP contribution >= 0.6 is 0 Å². The van der Waals surface area contributed by atoms with Crippen LogP contribution in [-0.4, -0.2) is 24.0 Å². The standard InChI is InChI=1S/C15H13NO4/c1-19-14(17)12-4-2-11(3-5-12)10-20-15(18)13-6-8-16-9-7-13/h2-9H,10H2,1H3. The summed E-state index contributed by atoms with van der Waals surface area (Å²) in [6.45, 7) is 0.141. The van der Waals surface area contributed by atoms with Crippen LogP contribution in [0.1, 0.15) is 26.3 Å². The minimum Gasteiger partial charge on any atom is -0.465 e. The van der Waals surface area contributed by atoms with Crippen molar-refractivity contribution >= 4 is 11.9 Å². The van der Waals surface area contributed by atoms with Gasteiger partial charge in [-0.05, 0) is 29.8 Å². The molecule has 0 aliphatic heterocycles. The number of benzene rings is 1. The Morgan fingerprint density at radius 2 is 1.55 bits per heavy atom. The lowest BCUT2D eigenvalue weighted by Gasteiger charge is -2.05. The van der Waals surface area contributed by atoms with Crippen LogP contribution in [0.15, 0.2) is 48.8 Å². The zero-order valence-electron chi connectivity index (χ0n) is 10.9. The fraction of sp³-hybridized carbons (Fsp3) is 0.133. The van der Waals surface area contributed by atoms with E-state index in [1.807, 2.05) is 0 Å². The van der Waals surface area contributed by atoms with Crippen molar-refractivity contribution in [1.82, 2.24) is 4.98 Å². The van der Waals surface area contributed by atoms with Crippen LogP contribution in [0.25, 0.3) is 0 Å². The molecule has 0 unspecified atom stereocenters. The Balaban J connectivity index is 1.94. The predicted molar refractivity (Wildman–Crippen MR) is 71.1 cm³/mol. The number of hydrogen-bond acceptors (Lipinski definition) is 5. The molecule has 1 aromatic heterocycles. The van der Waals surface area contributed by atoms with Crippen LogP contribution < -0.4 is 0 Å². The highest BCUT2D eigenvalue weighted by Gasteiger charge is 2.08. The molecule has 0 spiro atoms. The molecule has 0 atom stereocenters. The molecular weight excluding hydrogens is 258 g/mol. The van der Waals surface area contributed by atoms with Gasteiger partial charge >= 0.3 is 11.9 Å². The topological polar surface area (TPSA) is 65.5 Å². The maximum Gasteiger partial charge on any atom is 0.338 e. The fourth-order valence-electron chi connectivity index (χ4n) is 1.58. The average Bonchev–Trinajstić information content (AvgIpc) is 2.53. The number of nitrogens with zero attached hydrogens (tertiary/aromatic N) is 1. The normalized spacial score (nSPS) is 9.85. The molecule has 0 N–H and O–H groups in total. The van der Waals surface area contributed by atoms with Crippen molar-refractivity contribution in [3.8, 4) is 0 Å². The van der Waals surface area contributed by atoms with Crippen LogP contribution in [0.4, 0.5) is 0 Å². The van der Waals surface area contributed by atoms with Gasteiger partial charge in [0, 0.05) is 12.4 Å². The summed E-state index contributed by atoms with van der Waals surface area (Å²) < 4.78 is 9.76. The highest BCUT2D eigenvalue weighted by molar-refractivity contribution is 5.89. The molecule has 0 fully saturated rings. The van der Waals surface area contributed by atoms with Gasteiger partial charge in [-0.2, -0.15) is 0 Å². The van der Waals surface area contributed by atoms with Crippen molar-refractivity contribution in [2.45, 2.75) is 6.61 Å². The van der Waals surface area contributed by atoms with Gasteiger partial charge < -0.3 is 9.47 Å². The summed E-state index contributed by atoms with van der Waals surface area (Å²) in [4.78, 5) is 26.8. The molecule has 5 nitrogen and oxygen atoms in total. The minimum atomic E-state index is -0.413. The van der Waals surface area contributed by atoms with E-state index in [-0.39, 0.29) is 6.61 Å². The smallest absolute Gasteiger partial charge is 0.338 e. The first-order valence-electron chi connectivity index (χ1n) is 5.95. The van der Waals surface area contributed by atoms with Gasteiger partial charge in [-0.25, -0.2) is 9.59 Å². The van der Waals surface area contributed by atoms with E-state index in [4.69, 9.17) is 4.74 Å². The van der Waals surface area contributed by atoms with Crippen LogP contribution in [-0.2, 0) is 16.1 Å². The van der Waals surface area contributed by atoms with Gasteiger partial charge in [-0.1, -0.05) is 12.1 Å². The predicted octanol–water partition coefficient (Wildman–Crippen LogP) is 2.23.